The minimum Gasteiger partial charge on any atom is -0.300 e. The molecule has 0 aliphatic rings. The van der Waals surface area contributed by atoms with E-state index in [4.69, 9.17) is 0 Å². The molecule has 0 radical (unpaired) electrons. The van der Waals surface area contributed by atoms with Gasteiger partial charge in [-0.15, -0.1) is 16.4 Å². The van der Waals surface area contributed by atoms with Gasteiger partial charge in [0.15, 0.2) is 5.69 Å². The number of aromatic nitrogens is 3. The van der Waals surface area contributed by atoms with Crippen molar-refractivity contribution >= 4 is 34.5 Å². The van der Waals surface area contributed by atoms with Crippen molar-refractivity contribution in [3.63, 3.8) is 0 Å². The van der Waals surface area contributed by atoms with Crippen LogP contribution in [0.15, 0.2) is 41.2 Å². The van der Waals surface area contributed by atoms with Crippen molar-refractivity contribution < 1.29 is 4.79 Å². The summed E-state index contributed by atoms with van der Waals surface area (Å²) in [5.41, 5.74) is 2.26. The molecule has 7 heteroatoms. The van der Waals surface area contributed by atoms with E-state index >= 15 is 0 Å². The van der Waals surface area contributed by atoms with E-state index < -0.39 is 0 Å². The fourth-order valence-corrected chi connectivity index (χ4v) is 3.03. The summed E-state index contributed by atoms with van der Waals surface area (Å²) in [4.78, 5) is 18.7. The van der Waals surface area contributed by atoms with E-state index in [1.807, 2.05) is 36.6 Å². The second-order valence-electron chi connectivity index (χ2n) is 4.39. The summed E-state index contributed by atoms with van der Waals surface area (Å²) in [5.74, 6) is -0.159. The largest absolute Gasteiger partial charge is 0.300 e. The summed E-state index contributed by atoms with van der Waals surface area (Å²) < 4.78 is 3.77. The molecule has 1 amide bonds. The first-order valence-electron chi connectivity index (χ1n) is 6.28. The number of hydrogen-bond donors (Lipinski definition) is 0. The molecular formula is C14H12N4OS2. The highest BCUT2D eigenvalue weighted by Gasteiger charge is 2.22. The number of para-hydroxylation sites is 1. The Morgan fingerprint density at radius 1 is 1.33 bits per heavy atom. The molecule has 0 bridgehead atoms. The van der Waals surface area contributed by atoms with Crippen molar-refractivity contribution in [1.82, 2.24) is 14.6 Å². The number of hydrogen-bond acceptors (Lipinski definition) is 6. The van der Waals surface area contributed by atoms with Crippen LogP contribution in [0.4, 0.5) is 5.69 Å². The summed E-state index contributed by atoms with van der Waals surface area (Å²) in [6.45, 7) is 2.41. The number of rotatable bonds is 4. The number of aryl methyl sites for hydroxylation is 1. The lowest BCUT2D eigenvalue weighted by molar-refractivity contribution is 0.0980. The van der Waals surface area contributed by atoms with Gasteiger partial charge in [-0.1, -0.05) is 22.7 Å². The zero-order chi connectivity index (χ0) is 14.7. The lowest BCUT2D eigenvalue weighted by atomic mass is 10.1. The van der Waals surface area contributed by atoms with Crippen LogP contribution in [0, 0.1) is 6.92 Å². The maximum Gasteiger partial charge on any atom is 0.280 e. The molecule has 0 unspecified atom stereocenters. The molecule has 2 heterocycles. The average Bonchev–Trinajstić information content (AvgIpc) is 3.18. The van der Waals surface area contributed by atoms with Crippen LogP contribution in [0.2, 0.25) is 0 Å². The van der Waals surface area contributed by atoms with E-state index in [9.17, 15) is 4.79 Å². The molecule has 0 atom stereocenters. The van der Waals surface area contributed by atoms with Gasteiger partial charge >= 0.3 is 0 Å². The molecule has 0 N–H and O–H groups in total. The zero-order valence-corrected chi connectivity index (χ0v) is 12.9. The van der Waals surface area contributed by atoms with Gasteiger partial charge in [0.25, 0.3) is 5.91 Å². The third-order valence-corrected chi connectivity index (χ3v) is 4.28. The Hall–Kier alpha value is -2.12. The van der Waals surface area contributed by atoms with Crippen molar-refractivity contribution in [3.8, 4) is 0 Å². The van der Waals surface area contributed by atoms with Crippen molar-refractivity contribution in [2.24, 2.45) is 0 Å². The average molecular weight is 316 g/mol. The Labute approximate surface area is 130 Å². The van der Waals surface area contributed by atoms with Crippen LogP contribution in [-0.4, -0.2) is 20.5 Å². The molecule has 5 nitrogen and oxygen atoms in total. The summed E-state index contributed by atoms with van der Waals surface area (Å²) >= 11 is 2.70. The molecule has 21 heavy (non-hydrogen) atoms. The van der Waals surface area contributed by atoms with Crippen LogP contribution in [0.25, 0.3) is 0 Å². The molecule has 0 spiro atoms. The highest BCUT2D eigenvalue weighted by molar-refractivity contribution is 7.09. The van der Waals surface area contributed by atoms with Gasteiger partial charge in [-0.2, -0.15) is 0 Å². The molecule has 0 saturated heterocycles. The molecule has 0 fully saturated rings. The van der Waals surface area contributed by atoms with E-state index in [1.54, 1.807) is 16.5 Å². The van der Waals surface area contributed by atoms with Gasteiger partial charge < -0.3 is 0 Å². The molecule has 2 aromatic heterocycles. The van der Waals surface area contributed by atoms with Crippen molar-refractivity contribution in [3.05, 3.63) is 57.5 Å². The highest BCUT2D eigenvalue weighted by atomic mass is 32.1. The fraction of sp³-hybridized carbons (Fsp3) is 0.143. The Kier molecular flexibility index (Phi) is 4.03. The lowest BCUT2D eigenvalue weighted by Crippen LogP contribution is -2.31. The van der Waals surface area contributed by atoms with E-state index in [-0.39, 0.29) is 5.91 Å². The number of anilines is 1. The predicted molar refractivity (Wildman–Crippen MR) is 83.7 cm³/mol. The maximum atomic E-state index is 12.7. The minimum absolute atomic E-state index is 0.159. The first-order chi connectivity index (χ1) is 10.3. The Morgan fingerprint density at radius 2 is 2.19 bits per heavy atom. The van der Waals surface area contributed by atoms with Crippen molar-refractivity contribution in [2.45, 2.75) is 13.5 Å². The van der Waals surface area contributed by atoms with E-state index in [2.05, 4.69) is 14.6 Å². The van der Waals surface area contributed by atoms with Crippen molar-refractivity contribution in [1.29, 1.82) is 0 Å². The van der Waals surface area contributed by atoms with Crippen LogP contribution in [-0.2, 0) is 6.54 Å². The lowest BCUT2D eigenvalue weighted by Gasteiger charge is -2.22. The number of carbonyl (C=O) groups is 1. The Morgan fingerprint density at radius 3 is 2.86 bits per heavy atom. The van der Waals surface area contributed by atoms with Crippen LogP contribution < -0.4 is 4.90 Å². The predicted octanol–water partition coefficient (Wildman–Crippen LogP) is 3.15. The molecular weight excluding hydrogens is 304 g/mol. The number of thiazole rings is 1. The summed E-state index contributed by atoms with van der Waals surface area (Å²) in [7, 11) is 0. The molecule has 0 aliphatic heterocycles. The van der Waals surface area contributed by atoms with Gasteiger partial charge in [0.2, 0.25) is 0 Å². The second-order valence-corrected chi connectivity index (χ2v) is 5.98. The third-order valence-electron chi connectivity index (χ3n) is 3.01. The molecule has 106 valence electrons. The van der Waals surface area contributed by atoms with E-state index in [0.717, 1.165) is 16.3 Å². The smallest absolute Gasteiger partial charge is 0.280 e. The third kappa shape index (κ3) is 2.98. The highest BCUT2D eigenvalue weighted by Crippen LogP contribution is 2.24. The van der Waals surface area contributed by atoms with Crippen LogP contribution in [0.1, 0.15) is 21.1 Å². The van der Waals surface area contributed by atoms with Gasteiger partial charge in [-0.3, -0.25) is 9.69 Å². The first kappa shape index (κ1) is 13.8. The maximum absolute atomic E-state index is 12.7. The van der Waals surface area contributed by atoms with Gasteiger partial charge in [-0.05, 0) is 30.1 Å². The summed E-state index contributed by atoms with van der Waals surface area (Å²) in [6, 6.07) is 7.79. The quantitative estimate of drug-likeness (QED) is 0.742. The van der Waals surface area contributed by atoms with Crippen LogP contribution >= 0.6 is 22.9 Å². The normalized spacial score (nSPS) is 10.5. The van der Waals surface area contributed by atoms with Crippen LogP contribution in [0.5, 0.6) is 0 Å². The van der Waals surface area contributed by atoms with Gasteiger partial charge in [-0.25, -0.2) is 4.98 Å². The topological polar surface area (TPSA) is 59.0 Å². The first-order valence-corrected chi connectivity index (χ1v) is 8.00. The van der Waals surface area contributed by atoms with Crippen LogP contribution in [0.3, 0.4) is 0 Å². The number of nitrogens with zero attached hydrogens (tertiary/aromatic N) is 4. The molecule has 0 aliphatic carbocycles. The fourth-order valence-electron chi connectivity index (χ4n) is 2.00. The summed E-state index contributed by atoms with van der Waals surface area (Å²) in [5, 5.41) is 8.33. The van der Waals surface area contributed by atoms with Gasteiger partial charge in [0.1, 0.15) is 5.01 Å². The second kappa shape index (κ2) is 6.11. The Balaban J connectivity index is 1.98. The monoisotopic (exact) mass is 316 g/mol. The zero-order valence-electron chi connectivity index (χ0n) is 11.3. The van der Waals surface area contributed by atoms with Crippen molar-refractivity contribution in [2.75, 3.05) is 4.90 Å². The number of benzene rings is 1. The molecule has 0 saturated carbocycles. The summed E-state index contributed by atoms with van der Waals surface area (Å²) in [6.07, 6.45) is 1.74. The molecule has 3 aromatic rings. The van der Waals surface area contributed by atoms with E-state index in [0.29, 0.717) is 12.2 Å². The SMILES string of the molecule is Cc1ccccc1N(Cc1nccs1)C(=O)c1csnn1. The number of amides is 1. The standard InChI is InChI=1S/C14H12N4OS2/c1-10-4-2-3-5-12(10)18(8-13-15-6-7-20-13)14(19)11-9-21-17-16-11/h2-7,9H,8H2,1H3. The molecule has 1 aromatic carbocycles. The van der Waals surface area contributed by atoms with E-state index in [1.165, 1.54) is 22.9 Å². The minimum atomic E-state index is -0.159. The van der Waals surface area contributed by atoms with Gasteiger partial charge in [0, 0.05) is 22.6 Å². The Bertz CT molecular complexity index is 725. The number of carbonyl (C=O) groups excluding carboxylic acids is 1. The van der Waals surface area contributed by atoms with Gasteiger partial charge in [0.05, 0.1) is 6.54 Å². The molecule has 3 rings (SSSR count).